The van der Waals surface area contributed by atoms with Crippen molar-refractivity contribution in [2.45, 2.75) is 32.2 Å². The van der Waals surface area contributed by atoms with Gasteiger partial charge in [-0.25, -0.2) is 4.99 Å². The van der Waals surface area contributed by atoms with Crippen molar-refractivity contribution in [3.05, 3.63) is 36.3 Å². The Morgan fingerprint density at radius 3 is 3.08 bits per heavy atom. The summed E-state index contributed by atoms with van der Waals surface area (Å²) in [6.07, 6.45) is 6.26. The number of hydrogen-bond acceptors (Lipinski definition) is 6. The van der Waals surface area contributed by atoms with Crippen LogP contribution in [0.25, 0.3) is 0 Å². The molecular formula is C17H21N7O. The summed E-state index contributed by atoms with van der Waals surface area (Å²) in [5.41, 5.74) is 0. The molecule has 3 heterocycles. The summed E-state index contributed by atoms with van der Waals surface area (Å²) < 4.78 is 2.02. The van der Waals surface area contributed by atoms with Crippen LogP contribution in [0.3, 0.4) is 0 Å². The first kappa shape index (κ1) is 16.9. The van der Waals surface area contributed by atoms with Gasteiger partial charge in [-0.2, -0.15) is 5.26 Å². The van der Waals surface area contributed by atoms with Crippen LogP contribution in [-0.4, -0.2) is 44.9 Å². The molecule has 1 N–H and O–H groups in total. The summed E-state index contributed by atoms with van der Waals surface area (Å²) in [4.78, 5) is 18.1. The molecule has 1 aromatic heterocycles. The molecular weight excluding hydrogens is 318 g/mol. The first-order valence-electron chi connectivity index (χ1n) is 8.36. The van der Waals surface area contributed by atoms with E-state index in [0.29, 0.717) is 37.2 Å². The third-order valence-electron chi connectivity index (χ3n) is 4.68. The van der Waals surface area contributed by atoms with Crippen molar-refractivity contribution in [1.82, 2.24) is 25.0 Å². The Labute approximate surface area is 146 Å². The highest BCUT2D eigenvalue weighted by molar-refractivity contribution is 5.78. The summed E-state index contributed by atoms with van der Waals surface area (Å²) in [5, 5.41) is 20.4. The fourth-order valence-electron chi connectivity index (χ4n) is 3.33. The number of nitriles is 1. The highest BCUT2D eigenvalue weighted by atomic mass is 16.2. The average Bonchev–Trinajstić information content (AvgIpc) is 3.21. The fourth-order valence-corrected chi connectivity index (χ4v) is 3.33. The Balaban J connectivity index is 1.90. The molecule has 1 amide bonds. The number of rotatable bonds is 3. The molecule has 0 aliphatic carbocycles. The van der Waals surface area contributed by atoms with Gasteiger partial charge >= 0.3 is 0 Å². The van der Waals surface area contributed by atoms with Crippen LogP contribution in [0.1, 0.15) is 37.3 Å². The zero-order chi connectivity index (χ0) is 17.8. The van der Waals surface area contributed by atoms with Crippen LogP contribution in [-0.2, 0) is 11.3 Å². The zero-order valence-corrected chi connectivity index (χ0v) is 14.2. The minimum Gasteiger partial charge on any atom is -0.347 e. The molecule has 2 atom stereocenters. The fraction of sp³-hybridized carbons (Fsp3) is 0.471. The normalized spacial score (nSPS) is 23.8. The summed E-state index contributed by atoms with van der Waals surface area (Å²) in [6.45, 7) is 7.76. The predicted molar refractivity (Wildman–Crippen MR) is 92.4 cm³/mol. The quantitative estimate of drug-likeness (QED) is 0.890. The molecule has 1 aromatic rings. The van der Waals surface area contributed by atoms with Gasteiger partial charge in [-0.3, -0.25) is 4.79 Å². The van der Waals surface area contributed by atoms with E-state index in [4.69, 9.17) is 5.26 Å². The molecule has 2 aliphatic heterocycles. The highest BCUT2D eigenvalue weighted by Gasteiger charge is 2.38. The molecule has 2 aliphatic rings. The van der Waals surface area contributed by atoms with Crippen LogP contribution in [0, 0.1) is 17.2 Å². The summed E-state index contributed by atoms with van der Waals surface area (Å²) in [6, 6.07) is 1.94. The van der Waals surface area contributed by atoms with Gasteiger partial charge in [-0.05, 0) is 12.0 Å². The molecule has 0 aromatic carbocycles. The molecule has 25 heavy (non-hydrogen) atoms. The number of carbonyl (C=O) groups excluding carboxylic acids is 1. The largest absolute Gasteiger partial charge is 0.347 e. The topological polar surface area (TPSA) is 99.2 Å². The number of fused-ring (bicyclic) bond motifs is 1. The van der Waals surface area contributed by atoms with Crippen LogP contribution in [0.15, 0.2) is 29.7 Å². The van der Waals surface area contributed by atoms with E-state index in [9.17, 15) is 4.79 Å². The van der Waals surface area contributed by atoms with Crippen molar-refractivity contribution < 1.29 is 4.79 Å². The van der Waals surface area contributed by atoms with Gasteiger partial charge in [0.05, 0.1) is 12.3 Å². The van der Waals surface area contributed by atoms with Gasteiger partial charge in [-0.15, -0.1) is 10.2 Å². The van der Waals surface area contributed by atoms with Crippen molar-refractivity contribution in [2.75, 3.05) is 13.1 Å². The molecule has 0 radical (unpaired) electrons. The molecule has 1 saturated heterocycles. The monoisotopic (exact) mass is 339 g/mol. The Hall–Kier alpha value is -2.95. The Morgan fingerprint density at radius 2 is 2.32 bits per heavy atom. The van der Waals surface area contributed by atoms with Crippen molar-refractivity contribution in [3.8, 4) is 6.07 Å². The summed E-state index contributed by atoms with van der Waals surface area (Å²) >= 11 is 0. The van der Waals surface area contributed by atoms with Gasteiger partial charge in [0.1, 0.15) is 18.1 Å². The number of allylic oxidation sites excluding steroid dienone is 1. The van der Waals surface area contributed by atoms with E-state index in [1.165, 1.54) is 0 Å². The Kier molecular flexibility index (Phi) is 4.93. The lowest BCUT2D eigenvalue weighted by molar-refractivity contribution is -0.129. The maximum absolute atomic E-state index is 12.1. The lowest BCUT2D eigenvalue weighted by atomic mass is 9.93. The average molecular weight is 339 g/mol. The molecule has 3 rings (SSSR count). The molecule has 8 nitrogen and oxygen atoms in total. The van der Waals surface area contributed by atoms with E-state index >= 15 is 0 Å². The lowest BCUT2D eigenvalue weighted by Gasteiger charge is -2.16. The van der Waals surface area contributed by atoms with Crippen LogP contribution >= 0.6 is 0 Å². The van der Waals surface area contributed by atoms with E-state index < -0.39 is 0 Å². The number of amides is 1. The van der Waals surface area contributed by atoms with Gasteiger partial charge in [-0.1, -0.05) is 19.9 Å². The van der Waals surface area contributed by atoms with E-state index in [2.05, 4.69) is 34.0 Å². The van der Waals surface area contributed by atoms with Crippen molar-refractivity contribution >= 4 is 12.1 Å². The molecule has 8 heteroatoms. The van der Waals surface area contributed by atoms with Crippen LogP contribution in [0.4, 0.5) is 0 Å². The Bertz CT molecular complexity index is 770. The number of carbonyl (C=O) groups is 1. The summed E-state index contributed by atoms with van der Waals surface area (Å²) in [5.74, 6) is 2.36. The molecule has 0 saturated carbocycles. The van der Waals surface area contributed by atoms with E-state index in [1.54, 1.807) is 17.3 Å². The van der Waals surface area contributed by atoms with E-state index in [-0.39, 0.29) is 18.2 Å². The predicted octanol–water partition coefficient (Wildman–Crippen LogP) is 1.15. The molecule has 130 valence electrons. The maximum atomic E-state index is 12.1. The first-order valence-corrected chi connectivity index (χ1v) is 8.36. The number of aliphatic imine (C=N–C) groups is 1. The number of aromatic nitrogens is 3. The van der Waals surface area contributed by atoms with Gasteiger partial charge in [0.2, 0.25) is 5.91 Å². The summed E-state index contributed by atoms with van der Waals surface area (Å²) in [7, 11) is 0. The molecule has 1 fully saturated rings. The SMILES string of the molecule is C=C1N=Cc2nnc([C@H]3CN(C(=O)CC#N)C[C@H]3CC)n2C/C=C\N1. The number of hydrogen-bond donors (Lipinski definition) is 1. The van der Waals surface area contributed by atoms with Gasteiger partial charge in [0, 0.05) is 31.8 Å². The minimum absolute atomic E-state index is 0.0791. The smallest absolute Gasteiger partial charge is 0.236 e. The van der Waals surface area contributed by atoms with Crippen LogP contribution in [0.2, 0.25) is 0 Å². The Morgan fingerprint density at radius 1 is 1.48 bits per heavy atom. The minimum atomic E-state index is -0.116. The second-order valence-electron chi connectivity index (χ2n) is 6.19. The first-order chi connectivity index (χ1) is 12.1. The van der Waals surface area contributed by atoms with E-state index in [1.807, 2.05) is 16.7 Å². The molecule has 0 unspecified atom stereocenters. The van der Waals surface area contributed by atoms with Gasteiger partial charge in [0.15, 0.2) is 5.82 Å². The van der Waals surface area contributed by atoms with Crippen molar-refractivity contribution in [3.63, 3.8) is 0 Å². The molecule has 0 spiro atoms. The second kappa shape index (κ2) is 7.30. The standard InChI is InChI=1S/C17H21N7O/c1-3-13-10-23(16(25)5-6-18)11-14(13)17-22-21-15-9-20-12(2)19-7-4-8-24(15)17/h4,7,9,13-14,19H,2-3,5,8,10-11H2,1H3/b7-4-,20-9?/t13-,14+/m1/s1. The number of nitrogens with one attached hydrogen (secondary N) is 1. The number of likely N-dealkylation sites (tertiary alicyclic amines) is 1. The van der Waals surface area contributed by atoms with Crippen LogP contribution in [0.5, 0.6) is 0 Å². The van der Waals surface area contributed by atoms with E-state index in [0.717, 1.165) is 12.2 Å². The van der Waals surface area contributed by atoms with Gasteiger partial charge in [0.25, 0.3) is 0 Å². The maximum Gasteiger partial charge on any atom is 0.236 e. The lowest BCUT2D eigenvalue weighted by Crippen LogP contribution is -2.28. The van der Waals surface area contributed by atoms with Crippen molar-refractivity contribution in [2.24, 2.45) is 10.9 Å². The van der Waals surface area contributed by atoms with Crippen LogP contribution < -0.4 is 5.32 Å². The zero-order valence-electron chi connectivity index (χ0n) is 14.2. The second-order valence-corrected chi connectivity index (χ2v) is 6.19. The number of nitrogens with zero attached hydrogens (tertiary/aromatic N) is 6. The third kappa shape index (κ3) is 3.45. The third-order valence-corrected chi connectivity index (χ3v) is 4.68. The highest BCUT2D eigenvalue weighted by Crippen LogP contribution is 2.34. The molecule has 0 bridgehead atoms. The van der Waals surface area contributed by atoms with Crippen molar-refractivity contribution in [1.29, 1.82) is 5.26 Å². The van der Waals surface area contributed by atoms with Gasteiger partial charge < -0.3 is 14.8 Å².